The number of aryl methyl sites for hydroxylation is 1. The predicted octanol–water partition coefficient (Wildman–Crippen LogP) is 6.66. The lowest BCUT2D eigenvalue weighted by Crippen LogP contribution is -2.28. The third-order valence-electron chi connectivity index (χ3n) is 6.79. The monoisotopic (exact) mass is 537 g/mol. The van der Waals surface area contributed by atoms with Crippen LogP contribution in [0.5, 0.6) is 17.2 Å². The van der Waals surface area contributed by atoms with Crippen LogP contribution in [0, 0.1) is 0 Å². The van der Waals surface area contributed by atoms with Gasteiger partial charge in [0.05, 0.1) is 21.3 Å². The Hall–Kier alpha value is -3.62. The van der Waals surface area contributed by atoms with E-state index in [0.29, 0.717) is 35.2 Å². The zero-order valence-electron chi connectivity index (χ0n) is 23.8. The summed E-state index contributed by atoms with van der Waals surface area (Å²) >= 11 is 0. The molecule has 212 valence electrons. The Labute approximate surface area is 232 Å². The zero-order valence-corrected chi connectivity index (χ0v) is 23.8. The molecule has 1 unspecified atom stereocenters. The van der Waals surface area contributed by atoms with Gasteiger partial charge in [0.2, 0.25) is 0 Å². The first-order valence-corrected chi connectivity index (χ1v) is 14.1. The van der Waals surface area contributed by atoms with Gasteiger partial charge in [-0.3, -0.25) is 4.79 Å². The van der Waals surface area contributed by atoms with E-state index in [1.165, 1.54) is 51.4 Å². The van der Waals surface area contributed by atoms with Crippen LogP contribution in [0.15, 0.2) is 42.5 Å². The number of benzene rings is 2. The number of carbonyl (C=O) groups is 1. The van der Waals surface area contributed by atoms with Crippen LogP contribution >= 0.6 is 0 Å². The molecule has 0 saturated heterocycles. The number of aromatic nitrogens is 4. The summed E-state index contributed by atoms with van der Waals surface area (Å²) in [6.45, 7) is 2.25. The zero-order chi connectivity index (χ0) is 27.9. The van der Waals surface area contributed by atoms with E-state index in [1.807, 2.05) is 30.3 Å². The normalized spacial score (nSPS) is 11.7. The molecule has 9 nitrogen and oxygen atoms in total. The van der Waals surface area contributed by atoms with Crippen molar-refractivity contribution in [1.29, 1.82) is 0 Å². The molecule has 3 rings (SSSR count). The minimum atomic E-state index is -0.804. The van der Waals surface area contributed by atoms with E-state index in [0.717, 1.165) is 23.2 Å². The molecule has 0 aliphatic heterocycles. The minimum absolute atomic E-state index is 0.358. The topological polar surface area (TPSA) is 100 Å². The number of nitrogens with one attached hydrogen (secondary N) is 1. The lowest BCUT2D eigenvalue weighted by atomic mass is 10.1. The Bertz CT molecular complexity index is 1110. The second kappa shape index (κ2) is 16.4. The first-order chi connectivity index (χ1) is 19.1. The number of unbranched alkanes of at least 4 members (excludes halogenated alkanes) is 9. The molecule has 1 atom stereocenters. The van der Waals surface area contributed by atoms with Gasteiger partial charge in [-0.15, -0.1) is 10.2 Å². The van der Waals surface area contributed by atoms with Crippen molar-refractivity contribution in [1.82, 2.24) is 20.2 Å². The maximum atomic E-state index is 13.7. The van der Waals surface area contributed by atoms with E-state index in [4.69, 9.17) is 14.2 Å². The van der Waals surface area contributed by atoms with Crippen molar-refractivity contribution in [3.05, 3.63) is 53.9 Å². The van der Waals surface area contributed by atoms with Gasteiger partial charge >= 0.3 is 0 Å². The fourth-order valence-electron chi connectivity index (χ4n) is 4.55. The van der Waals surface area contributed by atoms with Gasteiger partial charge in [0.1, 0.15) is 29.0 Å². The summed E-state index contributed by atoms with van der Waals surface area (Å²) < 4.78 is 16.5. The van der Waals surface area contributed by atoms with E-state index in [9.17, 15) is 4.79 Å². The summed E-state index contributed by atoms with van der Waals surface area (Å²) in [7, 11) is 4.68. The van der Waals surface area contributed by atoms with Gasteiger partial charge < -0.3 is 19.5 Å². The number of hydrogen-bond donors (Lipinski definition) is 1. The number of hydrogen-bond acceptors (Lipinski definition) is 8. The molecule has 1 aromatic heterocycles. The molecular formula is C30H43N5O4. The van der Waals surface area contributed by atoms with Crippen molar-refractivity contribution in [3.63, 3.8) is 0 Å². The average molecular weight is 538 g/mol. The van der Waals surface area contributed by atoms with Crippen LogP contribution in [0.25, 0.3) is 0 Å². The molecule has 0 aliphatic carbocycles. The van der Waals surface area contributed by atoms with E-state index in [-0.39, 0.29) is 5.91 Å². The number of carbonyl (C=O) groups excluding carboxylic acids is 1. The molecular weight excluding hydrogens is 494 g/mol. The average Bonchev–Trinajstić information content (AvgIpc) is 3.45. The Morgan fingerprint density at radius 2 is 1.44 bits per heavy atom. The number of methoxy groups -OCH3 is 3. The smallest absolute Gasteiger partial charge is 0.292 e. The Morgan fingerprint density at radius 1 is 0.846 bits per heavy atom. The molecule has 0 bridgehead atoms. The van der Waals surface area contributed by atoms with Gasteiger partial charge in [-0.2, -0.15) is 0 Å². The molecule has 2 aromatic carbocycles. The first kappa shape index (κ1) is 29.9. The van der Waals surface area contributed by atoms with Crippen molar-refractivity contribution >= 4 is 11.6 Å². The van der Waals surface area contributed by atoms with Crippen LogP contribution in [-0.4, -0.2) is 47.4 Å². The number of tetrazole rings is 1. The largest absolute Gasteiger partial charge is 0.496 e. The first-order valence-electron chi connectivity index (χ1n) is 14.1. The van der Waals surface area contributed by atoms with E-state index in [1.54, 1.807) is 33.5 Å². The van der Waals surface area contributed by atoms with E-state index in [2.05, 4.69) is 27.7 Å². The summed E-state index contributed by atoms with van der Waals surface area (Å²) in [6.07, 6.45) is 13.3. The molecule has 39 heavy (non-hydrogen) atoms. The van der Waals surface area contributed by atoms with Gasteiger partial charge in [-0.05, 0) is 17.2 Å². The summed E-state index contributed by atoms with van der Waals surface area (Å²) in [5, 5.41) is 15.9. The van der Waals surface area contributed by atoms with Gasteiger partial charge in [0.25, 0.3) is 5.91 Å². The van der Waals surface area contributed by atoms with Crippen LogP contribution in [0.3, 0.4) is 0 Å². The van der Waals surface area contributed by atoms with Gasteiger partial charge in [0.15, 0.2) is 5.82 Å². The number of ether oxygens (including phenoxy) is 3. The maximum absolute atomic E-state index is 13.7. The molecule has 0 radical (unpaired) electrons. The van der Waals surface area contributed by atoms with Crippen LogP contribution in [0.2, 0.25) is 0 Å². The lowest BCUT2D eigenvalue weighted by molar-refractivity contribution is 0.0850. The highest BCUT2D eigenvalue weighted by atomic mass is 16.5. The van der Waals surface area contributed by atoms with E-state index < -0.39 is 6.04 Å². The molecule has 0 fully saturated rings. The van der Waals surface area contributed by atoms with Crippen LogP contribution in [0.4, 0.5) is 5.69 Å². The summed E-state index contributed by atoms with van der Waals surface area (Å²) in [5.74, 6) is 1.75. The lowest BCUT2D eigenvalue weighted by Gasteiger charge is -2.22. The predicted molar refractivity (Wildman–Crippen MR) is 153 cm³/mol. The van der Waals surface area contributed by atoms with Crippen LogP contribution < -0.4 is 19.5 Å². The highest BCUT2D eigenvalue weighted by Crippen LogP contribution is 2.41. The van der Waals surface area contributed by atoms with Crippen molar-refractivity contribution in [2.24, 2.45) is 0 Å². The fourth-order valence-corrected chi connectivity index (χ4v) is 4.55. The van der Waals surface area contributed by atoms with E-state index >= 15 is 0 Å². The highest BCUT2D eigenvalue weighted by molar-refractivity contribution is 5.88. The third-order valence-corrected chi connectivity index (χ3v) is 6.79. The van der Waals surface area contributed by atoms with Crippen molar-refractivity contribution in [2.75, 3.05) is 26.6 Å². The molecule has 0 aliphatic rings. The maximum Gasteiger partial charge on any atom is 0.292 e. The molecule has 0 spiro atoms. The van der Waals surface area contributed by atoms with Gasteiger partial charge in [0, 0.05) is 18.6 Å². The molecule has 0 amide bonds. The summed E-state index contributed by atoms with van der Waals surface area (Å²) in [5.41, 5.74) is 1.27. The standard InChI is InChI=1S/C30H43N5O4/c1-5-6-7-8-9-10-11-12-13-17-20-27-32-34-35(33-27)30(36)28(23-18-15-14-16-19-23)31-29-25(38-3)21-24(37-2)22-26(29)39-4/h14-16,18-19,21-22,28,31H,5-13,17,20H2,1-4H3. The molecule has 1 heterocycles. The van der Waals surface area contributed by atoms with Crippen molar-refractivity contribution in [2.45, 2.75) is 83.6 Å². The van der Waals surface area contributed by atoms with Crippen LogP contribution in [-0.2, 0) is 6.42 Å². The van der Waals surface area contributed by atoms with Crippen LogP contribution in [0.1, 0.15) is 93.4 Å². The SMILES string of the molecule is CCCCCCCCCCCCc1nnn(C(=O)C(Nc2c(OC)cc(OC)cc2OC)c2ccccc2)n1. The Kier molecular flexibility index (Phi) is 12.6. The fraction of sp³-hybridized carbons (Fsp3) is 0.533. The summed E-state index contributed by atoms with van der Waals surface area (Å²) in [6, 6.07) is 12.1. The Morgan fingerprint density at radius 3 is 2.00 bits per heavy atom. The van der Waals surface area contributed by atoms with Gasteiger partial charge in [-0.1, -0.05) is 99.8 Å². The second-order valence-corrected chi connectivity index (χ2v) is 9.66. The number of anilines is 1. The summed E-state index contributed by atoms with van der Waals surface area (Å²) in [4.78, 5) is 14.7. The Balaban J connectivity index is 1.64. The molecule has 9 heteroatoms. The minimum Gasteiger partial charge on any atom is -0.496 e. The molecule has 1 N–H and O–H groups in total. The van der Waals surface area contributed by atoms with Crippen molar-refractivity contribution < 1.29 is 19.0 Å². The van der Waals surface area contributed by atoms with Gasteiger partial charge in [-0.25, -0.2) is 0 Å². The second-order valence-electron chi connectivity index (χ2n) is 9.66. The molecule has 3 aromatic rings. The third kappa shape index (κ3) is 8.97. The quantitative estimate of drug-likeness (QED) is 0.180. The number of nitrogens with zero attached hydrogens (tertiary/aromatic N) is 4. The van der Waals surface area contributed by atoms with Crippen molar-refractivity contribution in [3.8, 4) is 17.2 Å². The highest BCUT2D eigenvalue weighted by Gasteiger charge is 2.27. The number of rotatable bonds is 18. The molecule has 0 saturated carbocycles.